The zero-order chi connectivity index (χ0) is 19.1. The third-order valence-electron chi connectivity index (χ3n) is 3.88. The molecule has 0 heterocycles. The summed E-state index contributed by atoms with van der Waals surface area (Å²) in [6.45, 7) is 0.407. The smallest absolute Gasteiger partial charge is 0.339 e. The van der Waals surface area contributed by atoms with Crippen LogP contribution >= 0.6 is 11.8 Å². The molecule has 27 heavy (non-hydrogen) atoms. The van der Waals surface area contributed by atoms with Crippen LogP contribution in [-0.2, 0) is 11.3 Å². The van der Waals surface area contributed by atoms with Gasteiger partial charge < -0.3 is 14.2 Å². The van der Waals surface area contributed by atoms with E-state index in [2.05, 4.69) is 0 Å². The first-order valence-corrected chi connectivity index (χ1v) is 9.23. The molecule has 138 valence electrons. The molecule has 0 saturated heterocycles. The van der Waals surface area contributed by atoms with E-state index in [9.17, 15) is 4.79 Å². The van der Waals surface area contributed by atoms with Crippen LogP contribution in [0.5, 0.6) is 11.5 Å². The van der Waals surface area contributed by atoms with Crippen molar-refractivity contribution in [3.05, 3.63) is 83.9 Å². The molecule has 5 heteroatoms. The van der Waals surface area contributed by atoms with Crippen LogP contribution < -0.4 is 9.47 Å². The largest absolute Gasteiger partial charge is 0.493 e. The average Bonchev–Trinajstić information content (AvgIpc) is 2.73. The Bertz CT molecular complexity index is 895. The van der Waals surface area contributed by atoms with Crippen molar-refractivity contribution in [2.75, 3.05) is 14.2 Å². The van der Waals surface area contributed by atoms with E-state index in [0.717, 1.165) is 15.4 Å². The van der Waals surface area contributed by atoms with Gasteiger partial charge in [-0.1, -0.05) is 60.3 Å². The minimum absolute atomic E-state index is 0.407. The van der Waals surface area contributed by atoms with Crippen molar-refractivity contribution in [1.82, 2.24) is 0 Å². The van der Waals surface area contributed by atoms with E-state index < -0.39 is 5.97 Å². The number of carbonyl (C=O) groups is 1. The first kappa shape index (κ1) is 18.9. The summed E-state index contributed by atoms with van der Waals surface area (Å²) in [5.74, 6) is 0.650. The SMILES string of the molecule is COC(=O)c1cc(OC)c(OCc2ccccc2)cc1Sc1ccccc1. The molecule has 0 bridgehead atoms. The highest BCUT2D eigenvalue weighted by Crippen LogP contribution is 2.39. The Kier molecular flexibility index (Phi) is 6.39. The highest BCUT2D eigenvalue weighted by molar-refractivity contribution is 7.99. The summed E-state index contributed by atoms with van der Waals surface area (Å²) < 4.78 is 16.3. The molecule has 0 unspecified atom stereocenters. The Labute approximate surface area is 163 Å². The normalized spacial score (nSPS) is 10.3. The van der Waals surface area contributed by atoms with E-state index in [-0.39, 0.29) is 0 Å². The highest BCUT2D eigenvalue weighted by atomic mass is 32.2. The molecule has 0 N–H and O–H groups in total. The Morgan fingerprint density at radius 1 is 0.889 bits per heavy atom. The summed E-state index contributed by atoms with van der Waals surface area (Å²) in [6, 6.07) is 23.2. The lowest BCUT2D eigenvalue weighted by Gasteiger charge is -2.15. The fourth-order valence-corrected chi connectivity index (χ4v) is 3.48. The van der Waals surface area contributed by atoms with Crippen molar-refractivity contribution >= 4 is 17.7 Å². The van der Waals surface area contributed by atoms with Gasteiger partial charge in [0, 0.05) is 9.79 Å². The first-order chi connectivity index (χ1) is 13.2. The van der Waals surface area contributed by atoms with E-state index in [4.69, 9.17) is 14.2 Å². The number of esters is 1. The second-order valence-corrected chi connectivity index (χ2v) is 6.80. The Morgan fingerprint density at radius 3 is 2.19 bits per heavy atom. The van der Waals surface area contributed by atoms with Crippen LogP contribution in [0, 0.1) is 0 Å². The maximum absolute atomic E-state index is 12.3. The van der Waals surface area contributed by atoms with Crippen molar-refractivity contribution in [3.63, 3.8) is 0 Å². The van der Waals surface area contributed by atoms with Crippen LogP contribution in [0.3, 0.4) is 0 Å². The third-order valence-corrected chi connectivity index (χ3v) is 4.94. The average molecular weight is 380 g/mol. The van der Waals surface area contributed by atoms with E-state index in [1.54, 1.807) is 13.2 Å². The first-order valence-electron chi connectivity index (χ1n) is 8.41. The molecule has 3 aromatic rings. The van der Waals surface area contributed by atoms with Crippen LogP contribution in [0.4, 0.5) is 0 Å². The number of methoxy groups -OCH3 is 2. The maximum Gasteiger partial charge on any atom is 0.339 e. The summed E-state index contributed by atoms with van der Waals surface area (Å²) >= 11 is 1.48. The zero-order valence-corrected chi connectivity index (χ0v) is 16.0. The van der Waals surface area contributed by atoms with Gasteiger partial charge in [-0.15, -0.1) is 0 Å². The van der Waals surface area contributed by atoms with Gasteiger partial charge in [0.05, 0.1) is 19.8 Å². The molecule has 0 amide bonds. The molecule has 0 aliphatic heterocycles. The third kappa shape index (κ3) is 4.83. The van der Waals surface area contributed by atoms with Gasteiger partial charge in [-0.3, -0.25) is 0 Å². The van der Waals surface area contributed by atoms with Crippen LogP contribution in [-0.4, -0.2) is 20.2 Å². The molecule has 0 fully saturated rings. The fraction of sp³-hybridized carbons (Fsp3) is 0.136. The van der Waals surface area contributed by atoms with Gasteiger partial charge in [-0.25, -0.2) is 4.79 Å². The lowest BCUT2D eigenvalue weighted by Crippen LogP contribution is -2.05. The highest BCUT2D eigenvalue weighted by Gasteiger charge is 2.19. The summed E-state index contributed by atoms with van der Waals surface area (Å²) in [4.78, 5) is 14.0. The molecule has 0 aromatic heterocycles. The molecule has 4 nitrogen and oxygen atoms in total. The summed E-state index contributed by atoms with van der Waals surface area (Å²) in [5.41, 5.74) is 1.49. The van der Waals surface area contributed by atoms with Crippen LogP contribution in [0.2, 0.25) is 0 Å². The van der Waals surface area contributed by atoms with Crippen LogP contribution in [0.15, 0.2) is 82.6 Å². The standard InChI is InChI=1S/C22H20O4S/c1-24-19-13-18(22(23)25-2)21(27-17-11-7-4-8-12-17)14-20(19)26-15-16-9-5-3-6-10-16/h3-14H,15H2,1-2H3. The minimum atomic E-state index is -0.415. The quantitative estimate of drug-likeness (QED) is 0.526. The van der Waals surface area contributed by atoms with Gasteiger partial charge in [0.25, 0.3) is 0 Å². The van der Waals surface area contributed by atoms with Gasteiger partial charge in [-0.05, 0) is 29.8 Å². The molecule has 0 atom stereocenters. The van der Waals surface area contributed by atoms with Gasteiger partial charge in [0.2, 0.25) is 0 Å². The number of rotatable bonds is 7. The van der Waals surface area contributed by atoms with Gasteiger partial charge >= 0.3 is 5.97 Å². The Balaban J connectivity index is 1.94. The van der Waals surface area contributed by atoms with Gasteiger partial charge in [-0.2, -0.15) is 0 Å². The second kappa shape index (κ2) is 9.14. The fourth-order valence-electron chi connectivity index (χ4n) is 2.52. The zero-order valence-electron chi connectivity index (χ0n) is 15.2. The minimum Gasteiger partial charge on any atom is -0.493 e. The second-order valence-electron chi connectivity index (χ2n) is 5.68. The van der Waals surface area contributed by atoms with E-state index in [1.807, 2.05) is 66.7 Å². The predicted octanol–water partition coefficient (Wildman–Crippen LogP) is 5.21. The summed E-state index contributed by atoms with van der Waals surface area (Å²) in [7, 11) is 2.92. The van der Waals surface area contributed by atoms with Crippen molar-refractivity contribution in [2.45, 2.75) is 16.4 Å². The molecule has 0 saturated carbocycles. The topological polar surface area (TPSA) is 44.8 Å². The Morgan fingerprint density at radius 2 is 1.56 bits per heavy atom. The number of hydrogen-bond donors (Lipinski definition) is 0. The summed E-state index contributed by atoms with van der Waals surface area (Å²) in [5, 5.41) is 0. The van der Waals surface area contributed by atoms with E-state index in [1.165, 1.54) is 18.9 Å². The lowest BCUT2D eigenvalue weighted by atomic mass is 10.2. The molecular formula is C22H20O4S. The molecular weight excluding hydrogens is 360 g/mol. The number of ether oxygens (including phenoxy) is 3. The van der Waals surface area contributed by atoms with E-state index in [0.29, 0.717) is 23.7 Å². The molecule has 0 spiro atoms. The monoisotopic (exact) mass is 380 g/mol. The molecule has 0 radical (unpaired) electrons. The van der Waals surface area contributed by atoms with Crippen molar-refractivity contribution in [3.8, 4) is 11.5 Å². The van der Waals surface area contributed by atoms with Crippen LogP contribution in [0.1, 0.15) is 15.9 Å². The van der Waals surface area contributed by atoms with Crippen molar-refractivity contribution in [2.24, 2.45) is 0 Å². The van der Waals surface area contributed by atoms with Crippen LogP contribution in [0.25, 0.3) is 0 Å². The maximum atomic E-state index is 12.3. The van der Waals surface area contributed by atoms with Crippen molar-refractivity contribution < 1.29 is 19.0 Å². The number of hydrogen-bond acceptors (Lipinski definition) is 5. The molecule has 0 aliphatic carbocycles. The number of carbonyl (C=O) groups excluding carboxylic acids is 1. The summed E-state index contributed by atoms with van der Waals surface area (Å²) in [6.07, 6.45) is 0. The molecule has 0 aliphatic rings. The molecule has 3 rings (SSSR count). The van der Waals surface area contributed by atoms with Gasteiger partial charge in [0.1, 0.15) is 6.61 Å². The lowest BCUT2D eigenvalue weighted by molar-refractivity contribution is 0.0596. The van der Waals surface area contributed by atoms with E-state index >= 15 is 0 Å². The number of benzene rings is 3. The predicted molar refractivity (Wildman–Crippen MR) is 106 cm³/mol. The van der Waals surface area contributed by atoms with Crippen molar-refractivity contribution in [1.29, 1.82) is 0 Å². The Hall–Kier alpha value is -2.92. The van der Waals surface area contributed by atoms with Gasteiger partial charge in [0.15, 0.2) is 11.5 Å². The molecule has 3 aromatic carbocycles.